The van der Waals surface area contributed by atoms with Gasteiger partial charge >= 0.3 is 13.2 Å². The maximum atomic E-state index is 11.9. The Balaban J connectivity index is 1.74. The molecule has 0 radical (unpaired) electrons. The molecule has 24 heavy (non-hydrogen) atoms. The van der Waals surface area contributed by atoms with E-state index in [-0.39, 0.29) is 6.10 Å². The Morgan fingerprint density at radius 3 is 2.88 bits per heavy atom. The Bertz CT molecular complexity index is 640. The topological polar surface area (TPSA) is 66.0 Å². The largest absolute Gasteiger partial charge is 0.499 e. The van der Waals surface area contributed by atoms with E-state index >= 15 is 0 Å². The Kier molecular flexibility index (Phi) is 4.26. The lowest BCUT2D eigenvalue weighted by atomic mass is 9.77. The number of carbonyl (C=O) groups is 1. The number of carbonyl (C=O) groups excluding carboxylic acids is 1. The molecule has 0 aromatic heterocycles. The SMILES string of the molecule is CC(C)(C)OC(=O)NC[C@H]1OB2OC(C)(C)COc3cccc1c32. The monoisotopic (exact) mass is 333 g/mol. The van der Waals surface area contributed by atoms with Gasteiger partial charge in [0, 0.05) is 12.0 Å². The number of hydrogen-bond acceptors (Lipinski definition) is 5. The van der Waals surface area contributed by atoms with Crippen molar-refractivity contribution in [3.63, 3.8) is 0 Å². The lowest BCUT2D eigenvalue weighted by Crippen LogP contribution is -2.41. The second-order valence-electron chi connectivity index (χ2n) is 7.76. The number of amides is 1. The summed E-state index contributed by atoms with van der Waals surface area (Å²) in [6.07, 6.45) is -0.758. The standard InChI is InChI=1S/C17H24BNO5/c1-16(2,3)22-15(20)19-9-13-11-7-6-8-12-14(11)18(23-13)24-17(4,5)10-21-12/h6-8,13H,9-10H2,1-5H3,(H,19,20)/t13-/m1/s1. The Labute approximate surface area is 142 Å². The van der Waals surface area contributed by atoms with Crippen molar-refractivity contribution in [1.82, 2.24) is 5.32 Å². The average molecular weight is 333 g/mol. The van der Waals surface area contributed by atoms with Crippen LogP contribution in [-0.2, 0) is 14.0 Å². The summed E-state index contributed by atoms with van der Waals surface area (Å²) < 4.78 is 23.2. The number of alkyl carbamates (subject to hydrolysis) is 1. The van der Waals surface area contributed by atoms with Crippen molar-refractivity contribution in [2.75, 3.05) is 13.2 Å². The minimum Gasteiger partial charge on any atom is -0.491 e. The molecule has 2 aliphatic heterocycles. The van der Waals surface area contributed by atoms with Crippen molar-refractivity contribution < 1.29 is 23.6 Å². The van der Waals surface area contributed by atoms with Crippen LogP contribution in [0.4, 0.5) is 4.79 Å². The lowest BCUT2D eigenvalue weighted by molar-refractivity contribution is 0.0250. The Morgan fingerprint density at radius 1 is 1.42 bits per heavy atom. The summed E-state index contributed by atoms with van der Waals surface area (Å²) in [6.45, 7) is 10.2. The van der Waals surface area contributed by atoms with Gasteiger partial charge in [-0.15, -0.1) is 0 Å². The van der Waals surface area contributed by atoms with Gasteiger partial charge in [-0.05, 0) is 46.2 Å². The third kappa shape index (κ3) is 3.67. The van der Waals surface area contributed by atoms with Gasteiger partial charge in [0.2, 0.25) is 0 Å². The van der Waals surface area contributed by atoms with E-state index in [1.807, 2.05) is 52.8 Å². The fourth-order valence-electron chi connectivity index (χ4n) is 2.82. The summed E-state index contributed by atoms with van der Waals surface area (Å²) in [5.74, 6) is 0.780. The summed E-state index contributed by atoms with van der Waals surface area (Å²) in [4.78, 5) is 11.9. The zero-order chi connectivity index (χ0) is 17.5. The van der Waals surface area contributed by atoms with E-state index in [9.17, 15) is 4.79 Å². The van der Waals surface area contributed by atoms with Crippen LogP contribution < -0.4 is 15.5 Å². The predicted octanol–water partition coefficient (Wildman–Crippen LogP) is 2.17. The first kappa shape index (κ1) is 17.1. The third-order valence-corrected chi connectivity index (χ3v) is 3.80. The molecule has 7 heteroatoms. The molecule has 1 aromatic carbocycles. The Hall–Kier alpha value is -1.73. The van der Waals surface area contributed by atoms with Gasteiger partial charge in [-0.1, -0.05) is 12.1 Å². The van der Waals surface area contributed by atoms with Gasteiger partial charge in [-0.2, -0.15) is 0 Å². The van der Waals surface area contributed by atoms with E-state index in [2.05, 4.69) is 5.32 Å². The van der Waals surface area contributed by atoms with Gasteiger partial charge in [-0.25, -0.2) is 4.79 Å². The molecule has 0 spiro atoms. The van der Waals surface area contributed by atoms with E-state index < -0.39 is 24.4 Å². The van der Waals surface area contributed by atoms with Crippen molar-refractivity contribution in [1.29, 1.82) is 0 Å². The number of hydrogen-bond donors (Lipinski definition) is 1. The van der Waals surface area contributed by atoms with E-state index in [1.54, 1.807) is 0 Å². The molecule has 1 atom stereocenters. The van der Waals surface area contributed by atoms with E-state index in [1.165, 1.54) is 0 Å². The molecule has 6 nitrogen and oxygen atoms in total. The van der Waals surface area contributed by atoms with Crippen molar-refractivity contribution in [2.24, 2.45) is 0 Å². The predicted molar refractivity (Wildman–Crippen MR) is 90.6 cm³/mol. The lowest BCUT2D eigenvalue weighted by Gasteiger charge is -2.25. The number of benzene rings is 1. The molecule has 130 valence electrons. The maximum Gasteiger partial charge on any atom is 0.499 e. The molecule has 2 heterocycles. The molecule has 1 aromatic rings. The fraction of sp³-hybridized carbons (Fsp3) is 0.588. The first-order valence-electron chi connectivity index (χ1n) is 8.20. The third-order valence-electron chi connectivity index (χ3n) is 3.80. The van der Waals surface area contributed by atoms with E-state index in [4.69, 9.17) is 18.8 Å². The quantitative estimate of drug-likeness (QED) is 0.841. The fourth-order valence-corrected chi connectivity index (χ4v) is 2.82. The normalized spacial score (nSPS) is 21.5. The van der Waals surface area contributed by atoms with Gasteiger partial charge in [0.15, 0.2) is 0 Å². The Morgan fingerprint density at radius 2 is 2.17 bits per heavy atom. The number of ether oxygens (including phenoxy) is 2. The highest BCUT2D eigenvalue weighted by atomic mass is 16.6. The molecule has 0 saturated heterocycles. The first-order chi connectivity index (χ1) is 11.1. The zero-order valence-electron chi connectivity index (χ0n) is 14.8. The van der Waals surface area contributed by atoms with Crippen LogP contribution in [0.2, 0.25) is 0 Å². The van der Waals surface area contributed by atoms with E-state index in [0.717, 1.165) is 16.8 Å². The van der Waals surface area contributed by atoms with E-state index in [0.29, 0.717) is 13.2 Å². The molecule has 0 saturated carbocycles. The van der Waals surface area contributed by atoms with Crippen LogP contribution in [0.25, 0.3) is 0 Å². The van der Waals surface area contributed by atoms with Gasteiger partial charge in [0.25, 0.3) is 0 Å². The second-order valence-corrected chi connectivity index (χ2v) is 7.76. The molecule has 1 N–H and O–H groups in total. The van der Waals surface area contributed by atoms with Crippen molar-refractivity contribution >= 4 is 18.7 Å². The summed E-state index contributed by atoms with van der Waals surface area (Å²) in [5, 5.41) is 2.76. The molecule has 0 fully saturated rings. The van der Waals surface area contributed by atoms with Crippen LogP contribution >= 0.6 is 0 Å². The highest BCUT2D eigenvalue weighted by molar-refractivity contribution is 6.64. The highest BCUT2D eigenvalue weighted by Crippen LogP contribution is 2.32. The van der Waals surface area contributed by atoms with Crippen LogP contribution in [0.5, 0.6) is 5.75 Å². The molecule has 0 bridgehead atoms. The molecule has 2 aliphatic rings. The van der Waals surface area contributed by atoms with Gasteiger partial charge in [0.1, 0.15) is 18.0 Å². The van der Waals surface area contributed by atoms with Crippen molar-refractivity contribution in [3.8, 4) is 5.75 Å². The van der Waals surface area contributed by atoms with Crippen molar-refractivity contribution in [3.05, 3.63) is 23.8 Å². The van der Waals surface area contributed by atoms with Gasteiger partial charge < -0.3 is 24.1 Å². The summed E-state index contributed by atoms with van der Waals surface area (Å²) in [5.41, 5.74) is 0.912. The second kappa shape index (κ2) is 5.97. The van der Waals surface area contributed by atoms with Crippen LogP contribution in [0.15, 0.2) is 18.2 Å². The minimum atomic E-state index is -0.532. The van der Waals surface area contributed by atoms with Crippen LogP contribution in [-0.4, -0.2) is 37.6 Å². The van der Waals surface area contributed by atoms with Gasteiger partial charge in [-0.3, -0.25) is 0 Å². The summed E-state index contributed by atoms with van der Waals surface area (Å²) in [7, 11) is -0.487. The molecule has 0 unspecified atom stereocenters. The highest BCUT2D eigenvalue weighted by Gasteiger charge is 2.45. The maximum absolute atomic E-state index is 11.9. The van der Waals surface area contributed by atoms with Crippen LogP contribution in [0.1, 0.15) is 46.3 Å². The van der Waals surface area contributed by atoms with Crippen LogP contribution in [0, 0.1) is 0 Å². The smallest absolute Gasteiger partial charge is 0.491 e. The first-order valence-corrected chi connectivity index (χ1v) is 8.20. The molecular weight excluding hydrogens is 309 g/mol. The summed E-state index contributed by atoms with van der Waals surface area (Å²) in [6, 6.07) is 5.83. The molecule has 1 amide bonds. The molecule has 3 rings (SSSR count). The van der Waals surface area contributed by atoms with Crippen LogP contribution in [0.3, 0.4) is 0 Å². The van der Waals surface area contributed by atoms with Gasteiger partial charge in [0.05, 0.1) is 11.7 Å². The zero-order valence-corrected chi connectivity index (χ0v) is 14.8. The summed E-state index contributed by atoms with van der Waals surface area (Å²) >= 11 is 0. The minimum absolute atomic E-state index is 0.296. The number of nitrogens with one attached hydrogen (secondary N) is 1. The molecule has 0 aliphatic carbocycles. The average Bonchev–Trinajstić information content (AvgIpc) is 2.72. The van der Waals surface area contributed by atoms with Crippen molar-refractivity contribution in [2.45, 2.75) is 51.9 Å². The number of rotatable bonds is 2. The molecular formula is C17H24BNO5.